The minimum atomic E-state index is -0.622. The minimum Gasteiger partial charge on any atom is -0.392 e. The van der Waals surface area contributed by atoms with E-state index < -0.39 is 5.41 Å². The Bertz CT molecular complexity index is 332. The van der Waals surface area contributed by atoms with Crippen molar-refractivity contribution >= 4 is 23.1 Å². The van der Waals surface area contributed by atoms with Crippen LogP contribution in [-0.2, 0) is 9.53 Å². The zero-order chi connectivity index (χ0) is 13.7. The van der Waals surface area contributed by atoms with Gasteiger partial charge in [-0.25, -0.2) is 0 Å². The van der Waals surface area contributed by atoms with Crippen molar-refractivity contribution in [1.82, 2.24) is 5.32 Å². The Morgan fingerprint density at radius 1 is 1.21 bits per heavy atom. The summed E-state index contributed by atoms with van der Waals surface area (Å²) in [5.41, 5.74) is 5.30. The van der Waals surface area contributed by atoms with Gasteiger partial charge in [0.05, 0.1) is 23.1 Å². The van der Waals surface area contributed by atoms with Gasteiger partial charge in [-0.1, -0.05) is 37.9 Å². The summed E-state index contributed by atoms with van der Waals surface area (Å²) in [5, 5.41) is 3.11. The Labute approximate surface area is 120 Å². The first-order valence-corrected chi connectivity index (χ1v) is 7.74. The molecule has 19 heavy (non-hydrogen) atoms. The molecule has 108 valence electrons. The van der Waals surface area contributed by atoms with Crippen LogP contribution < -0.4 is 11.1 Å². The molecule has 1 atom stereocenters. The Hall–Kier alpha value is -0.680. The maximum absolute atomic E-state index is 12.6. The van der Waals surface area contributed by atoms with Crippen molar-refractivity contribution in [3.8, 4) is 0 Å². The van der Waals surface area contributed by atoms with Gasteiger partial charge in [0, 0.05) is 6.61 Å². The topological polar surface area (TPSA) is 64.4 Å². The molecule has 5 heteroatoms. The highest BCUT2D eigenvalue weighted by molar-refractivity contribution is 7.80. The van der Waals surface area contributed by atoms with Gasteiger partial charge in [0.25, 0.3) is 0 Å². The fourth-order valence-electron chi connectivity index (χ4n) is 3.10. The van der Waals surface area contributed by atoms with Crippen molar-refractivity contribution in [3.63, 3.8) is 0 Å². The number of ether oxygens (including phenoxy) is 1. The zero-order valence-corrected chi connectivity index (χ0v) is 12.3. The van der Waals surface area contributed by atoms with Crippen molar-refractivity contribution in [1.29, 1.82) is 0 Å². The fraction of sp³-hybridized carbons (Fsp3) is 0.857. The summed E-state index contributed by atoms with van der Waals surface area (Å²) < 4.78 is 5.41. The van der Waals surface area contributed by atoms with Crippen molar-refractivity contribution in [2.24, 2.45) is 11.1 Å². The third-order valence-corrected chi connectivity index (χ3v) is 4.75. The zero-order valence-electron chi connectivity index (χ0n) is 11.5. The van der Waals surface area contributed by atoms with Crippen molar-refractivity contribution in [3.05, 3.63) is 0 Å². The van der Waals surface area contributed by atoms with E-state index in [1.54, 1.807) is 0 Å². The summed E-state index contributed by atoms with van der Waals surface area (Å²) >= 11 is 5.22. The van der Waals surface area contributed by atoms with Crippen LogP contribution in [0.4, 0.5) is 0 Å². The van der Waals surface area contributed by atoms with E-state index in [2.05, 4.69) is 5.32 Å². The number of hydrogen-bond acceptors (Lipinski definition) is 3. The SMILES string of the molecule is NC(=S)C1(C(=O)NC2CCCOC2)CCCCCC1. The molecular weight excluding hydrogens is 260 g/mol. The van der Waals surface area contributed by atoms with E-state index in [4.69, 9.17) is 22.7 Å². The van der Waals surface area contributed by atoms with Gasteiger partial charge in [0.15, 0.2) is 0 Å². The molecule has 0 aromatic rings. The van der Waals surface area contributed by atoms with Crippen molar-refractivity contribution < 1.29 is 9.53 Å². The summed E-state index contributed by atoms with van der Waals surface area (Å²) in [4.78, 5) is 13.0. The van der Waals surface area contributed by atoms with Gasteiger partial charge < -0.3 is 15.8 Å². The van der Waals surface area contributed by atoms with E-state index in [0.29, 0.717) is 11.6 Å². The van der Waals surface area contributed by atoms with E-state index in [1.165, 1.54) is 12.8 Å². The molecule has 1 unspecified atom stereocenters. The average molecular weight is 284 g/mol. The van der Waals surface area contributed by atoms with Crippen LogP contribution in [0.2, 0.25) is 0 Å². The van der Waals surface area contributed by atoms with E-state index in [0.717, 1.165) is 45.1 Å². The maximum atomic E-state index is 12.6. The molecule has 1 saturated heterocycles. The summed E-state index contributed by atoms with van der Waals surface area (Å²) in [6, 6.07) is 0.121. The lowest BCUT2D eigenvalue weighted by atomic mass is 9.79. The first-order chi connectivity index (χ1) is 9.15. The Morgan fingerprint density at radius 2 is 1.89 bits per heavy atom. The molecule has 0 spiro atoms. The third-order valence-electron chi connectivity index (χ3n) is 4.36. The lowest BCUT2D eigenvalue weighted by Gasteiger charge is -2.33. The molecular formula is C14H24N2O2S. The standard InChI is InChI=1S/C14H24N2O2S/c15-12(19)14(7-3-1-2-4-8-14)13(17)16-11-6-5-9-18-10-11/h11H,1-10H2,(H2,15,19)(H,16,17). The summed E-state index contributed by atoms with van der Waals surface area (Å²) in [5.74, 6) is 0.0254. The van der Waals surface area contributed by atoms with Crippen LogP contribution in [0.1, 0.15) is 51.4 Å². The fourth-order valence-corrected chi connectivity index (χ4v) is 3.39. The van der Waals surface area contributed by atoms with Crippen LogP contribution in [-0.4, -0.2) is 30.2 Å². The summed E-state index contributed by atoms with van der Waals surface area (Å²) in [6.45, 7) is 1.41. The molecule has 1 heterocycles. The predicted octanol–water partition coefficient (Wildman–Crippen LogP) is 1.91. The molecule has 2 aliphatic rings. The van der Waals surface area contributed by atoms with Gasteiger partial charge in [-0.3, -0.25) is 4.79 Å². The quantitative estimate of drug-likeness (QED) is 0.614. The lowest BCUT2D eigenvalue weighted by Crippen LogP contribution is -2.53. The van der Waals surface area contributed by atoms with Gasteiger partial charge in [-0.15, -0.1) is 0 Å². The highest BCUT2D eigenvalue weighted by Crippen LogP contribution is 2.36. The summed E-state index contributed by atoms with van der Waals surface area (Å²) in [6.07, 6.45) is 7.99. The first kappa shape index (κ1) is 14.7. The third kappa shape index (κ3) is 3.45. The Kier molecular flexibility index (Phi) is 5.16. The van der Waals surface area contributed by atoms with Crippen LogP contribution in [0.5, 0.6) is 0 Å². The normalized spacial score (nSPS) is 27.3. The Morgan fingerprint density at radius 3 is 2.42 bits per heavy atom. The number of carbonyl (C=O) groups is 1. The first-order valence-electron chi connectivity index (χ1n) is 7.34. The molecule has 1 aliphatic heterocycles. The molecule has 0 radical (unpaired) electrons. The lowest BCUT2D eigenvalue weighted by molar-refractivity contribution is -0.129. The second-order valence-corrected chi connectivity index (χ2v) is 6.19. The van der Waals surface area contributed by atoms with Crippen molar-refractivity contribution in [2.75, 3.05) is 13.2 Å². The van der Waals surface area contributed by atoms with E-state index in [-0.39, 0.29) is 11.9 Å². The number of thiocarbonyl (C=S) groups is 1. The second kappa shape index (κ2) is 6.66. The van der Waals surface area contributed by atoms with Gasteiger partial charge in [-0.05, 0) is 25.7 Å². The number of nitrogens with two attached hydrogens (primary N) is 1. The molecule has 4 nitrogen and oxygen atoms in total. The van der Waals surface area contributed by atoms with Crippen LogP contribution in [0.3, 0.4) is 0 Å². The van der Waals surface area contributed by atoms with Crippen LogP contribution >= 0.6 is 12.2 Å². The second-order valence-electron chi connectivity index (χ2n) is 5.75. The van der Waals surface area contributed by atoms with Crippen LogP contribution in [0.15, 0.2) is 0 Å². The highest BCUT2D eigenvalue weighted by atomic mass is 32.1. The molecule has 2 rings (SSSR count). The van der Waals surface area contributed by atoms with Crippen molar-refractivity contribution in [2.45, 2.75) is 57.4 Å². The smallest absolute Gasteiger partial charge is 0.233 e. The molecule has 2 fully saturated rings. The molecule has 0 bridgehead atoms. The average Bonchev–Trinajstić information content (AvgIpc) is 2.66. The Balaban J connectivity index is 2.04. The summed E-state index contributed by atoms with van der Waals surface area (Å²) in [7, 11) is 0. The number of hydrogen-bond donors (Lipinski definition) is 2. The minimum absolute atomic E-state index is 0.0254. The highest BCUT2D eigenvalue weighted by Gasteiger charge is 2.42. The van der Waals surface area contributed by atoms with Gasteiger partial charge in [-0.2, -0.15) is 0 Å². The molecule has 1 saturated carbocycles. The number of rotatable bonds is 3. The molecule has 0 aromatic heterocycles. The molecule has 3 N–H and O–H groups in total. The van der Waals surface area contributed by atoms with E-state index in [9.17, 15) is 4.79 Å². The molecule has 1 aliphatic carbocycles. The molecule has 1 amide bonds. The van der Waals surface area contributed by atoms with Crippen LogP contribution in [0, 0.1) is 5.41 Å². The van der Waals surface area contributed by atoms with Gasteiger partial charge >= 0.3 is 0 Å². The van der Waals surface area contributed by atoms with E-state index >= 15 is 0 Å². The maximum Gasteiger partial charge on any atom is 0.233 e. The largest absolute Gasteiger partial charge is 0.392 e. The monoisotopic (exact) mass is 284 g/mol. The molecule has 0 aromatic carbocycles. The predicted molar refractivity (Wildman–Crippen MR) is 78.9 cm³/mol. The van der Waals surface area contributed by atoms with Gasteiger partial charge in [0.1, 0.15) is 0 Å². The number of carbonyl (C=O) groups excluding carboxylic acids is 1. The number of nitrogens with one attached hydrogen (secondary N) is 1. The van der Waals surface area contributed by atoms with Crippen LogP contribution in [0.25, 0.3) is 0 Å². The number of amides is 1. The van der Waals surface area contributed by atoms with E-state index in [1.807, 2.05) is 0 Å². The van der Waals surface area contributed by atoms with Gasteiger partial charge in [0.2, 0.25) is 5.91 Å².